The minimum atomic E-state index is -0.914. The smallest absolute Gasteiger partial charge is 0.0667 e. The number of nitrogens with zero attached hydrogens (tertiary/aromatic N) is 3. The first kappa shape index (κ1) is 11.5. The highest BCUT2D eigenvalue weighted by Gasteiger charge is 2.18. The van der Waals surface area contributed by atoms with E-state index in [4.69, 9.17) is 19.2 Å². The zero-order chi connectivity index (χ0) is 48.6. The van der Waals surface area contributed by atoms with Gasteiger partial charge in [-0.15, -0.1) is 0 Å². The lowest BCUT2D eigenvalue weighted by Crippen LogP contribution is -1.97. The summed E-state index contributed by atoms with van der Waals surface area (Å²) in [4.78, 5) is 0. The van der Waals surface area contributed by atoms with Crippen molar-refractivity contribution in [3.05, 3.63) is 163 Å². The van der Waals surface area contributed by atoms with Gasteiger partial charge in [-0.25, -0.2) is 0 Å². The van der Waals surface area contributed by atoms with Gasteiger partial charge in [-0.2, -0.15) is 0 Å². The molecule has 3 heterocycles. The van der Waals surface area contributed by atoms with Crippen molar-refractivity contribution in [2.24, 2.45) is 0 Å². The van der Waals surface area contributed by atoms with Gasteiger partial charge in [0.15, 0.2) is 0 Å². The molecule has 3 aromatic heterocycles. The minimum absolute atomic E-state index is 0.148. The van der Waals surface area contributed by atoms with Crippen LogP contribution in [-0.4, -0.2) is 13.7 Å². The third-order valence-electron chi connectivity index (χ3n) is 7.78. The Bertz CT molecular complexity index is 3920. The molecule has 0 aliphatic rings. The van der Waals surface area contributed by atoms with Crippen molar-refractivity contribution >= 4 is 65.4 Å². The second-order valence-electron chi connectivity index (χ2n) is 10.1. The molecule has 0 unspecified atom stereocenters. The Labute approximate surface area is 290 Å². The van der Waals surface area contributed by atoms with Crippen LogP contribution in [-0.2, 0) is 0 Å². The van der Waals surface area contributed by atoms with Gasteiger partial charge in [-0.05, 0) is 66.5 Å². The Morgan fingerprint density at radius 3 is 1.27 bits per heavy atom. The first-order chi connectivity index (χ1) is 31.5. The zero-order valence-electron chi connectivity index (χ0n) is 44.7. The van der Waals surface area contributed by atoms with Crippen LogP contribution in [0.4, 0.5) is 0 Å². The van der Waals surface area contributed by atoms with Crippen LogP contribution < -0.4 is 0 Å². The van der Waals surface area contributed by atoms with Crippen LogP contribution in [0, 0.1) is 0 Å². The summed E-state index contributed by atoms with van der Waals surface area (Å²) in [5, 5.41) is -2.19. The Morgan fingerprint density at radius 2 is 0.711 bits per heavy atom. The molecule has 0 spiro atoms. The number of aromatic nitrogens is 3. The van der Waals surface area contributed by atoms with Gasteiger partial charge in [-0.1, -0.05) is 96.8 Å². The lowest BCUT2D eigenvalue weighted by Gasteiger charge is -2.12. The molecule has 0 N–H and O–H groups in total. The summed E-state index contributed by atoms with van der Waals surface area (Å²) in [7, 11) is 0. The summed E-state index contributed by atoms with van der Waals surface area (Å²) in [6.45, 7) is 0. The number of fused-ring (bicyclic) bond motifs is 9. The lowest BCUT2D eigenvalue weighted by molar-refractivity contribution is 1.15. The van der Waals surface area contributed by atoms with Crippen molar-refractivity contribution in [3.63, 3.8) is 0 Å². The number of benzene rings is 7. The van der Waals surface area contributed by atoms with Gasteiger partial charge in [0.1, 0.15) is 0 Å². The lowest BCUT2D eigenvalue weighted by atomic mass is 10.1. The zero-order valence-corrected chi connectivity index (χ0v) is 22.7. The van der Waals surface area contributed by atoms with Gasteiger partial charge in [-0.3, -0.25) is 0 Å². The van der Waals surface area contributed by atoms with E-state index in [9.17, 15) is 11.0 Å². The molecule has 0 radical (unpaired) electrons. The van der Waals surface area contributed by atoms with Crippen LogP contribution in [0.1, 0.15) is 30.2 Å². The number of hydrogen-bond acceptors (Lipinski definition) is 0. The molecule has 0 bridgehead atoms. The van der Waals surface area contributed by atoms with Crippen molar-refractivity contribution in [2.45, 2.75) is 0 Å². The van der Waals surface area contributed by atoms with E-state index in [0.29, 0.717) is 0 Å². The highest BCUT2D eigenvalue weighted by Crippen LogP contribution is 2.39. The summed E-state index contributed by atoms with van der Waals surface area (Å²) >= 11 is 0. The van der Waals surface area contributed by atoms with Crippen molar-refractivity contribution < 1.29 is 30.2 Å². The molecule has 0 aliphatic heterocycles. The minimum Gasteiger partial charge on any atom is -0.309 e. The Morgan fingerprint density at radius 1 is 0.311 bits per heavy atom. The molecule has 3 heteroatoms. The fourth-order valence-corrected chi connectivity index (χ4v) is 5.93. The van der Waals surface area contributed by atoms with Gasteiger partial charge < -0.3 is 13.7 Å². The molecule has 0 saturated carbocycles. The fourth-order valence-electron chi connectivity index (χ4n) is 5.93. The van der Waals surface area contributed by atoms with E-state index >= 15 is 0 Å². The largest absolute Gasteiger partial charge is 0.309 e. The van der Waals surface area contributed by atoms with Crippen LogP contribution in [0.3, 0.4) is 0 Å². The molecule has 0 amide bonds. The topological polar surface area (TPSA) is 14.8 Å². The van der Waals surface area contributed by atoms with Crippen LogP contribution in [0.25, 0.3) is 82.5 Å². The third kappa shape index (κ3) is 3.41. The Kier molecular flexibility index (Phi) is 2.35. The molecule has 45 heavy (non-hydrogen) atoms. The van der Waals surface area contributed by atoms with E-state index in [0.717, 1.165) is 9.13 Å². The molecule has 3 nitrogen and oxygen atoms in total. The van der Waals surface area contributed by atoms with Crippen LogP contribution in [0.15, 0.2) is 163 Å². The fraction of sp³-hybridized carbons (Fsp3) is 0. The maximum atomic E-state index is 9.92. The maximum Gasteiger partial charge on any atom is 0.0667 e. The van der Waals surface area contributed by atoms with Gasteiger partial charge in [0.25, 0.3) is 0 Å². The van der Waals surface area contributed by atoms with Crippen molar-refractivity contribution in [1.29, 1.82) is 0 Å². The molecular weight excluding hydrogens is 546 g/mol. The van der Waals surface area contributed by atoms with E-state index in [2.05, 4.69) is 0 Å². The first-order valence-electron chi connectivity index (χ1n) is 24.7. The van der Waals surface area contributed by atoms with Gasteiger partial charge in [0, 0.05) is 49.4 Å². The molecule has 0 saturated heterocycles. The number of rotatable bonds is 3. The summed E-state index contributed by atoms with van der Waals surface area (Å²) in [6, 6.07) is -8.41. The van der Waals surface area contributed by atoms with E-state index in [-0.39, 0.29) is 27.5 Å². The van der Waals surface area contributed by atoms with Gasteiger partial charge >= 0.3 is 0 Å². The number of para-hydroxylation sites is 5. The molecule has 0 fully saturated rings. The second-order valence-corrected chi connectivity index (χ2v) is 10.1. The van der Waals surface area contributed by atoms with E-state index in [1.165, 1.54) is 4.57 Å². The van der Waals surface area contributed by atoms with E-state index in [1.807, 2.05) is 0 Å². The Hall–Kier alpha value is -6.06. The predicted octanol–water partition coefficient (Wildman–Crippen LogP) is 11.0. The van der Waals surface area contributed by atoms with Crippen LogP contribution in [0.5, 0.6) is 0 Å². The highest BCUT2D eigenvalue weighted by atomic mass is 15.0. The summed E-state index contributed by atoms with van der Waals surface area (Å²) < 4.78 is 202. The van der Waals surface area contributed by atoms with Crippen LogP contribution >= 0.6 is 0 Å². The van der Waals surface area contributed by atoms with Crippen molar-refractivity contribution in [2.75, 3.05) is 0 Å². The molecule has 10 aromatic rings. The van der Waals surface area contributed by atoms with Gasteiger partial charge in [0.2, 0.25) is 0 Å². The monoisotopic (exact) mass is 595 g/mol. The third-order valence-corrected chi connectivity index (χ3v) is 7.78. The molecular formula is C42H27N3. The first-order valence-corrected chi connectivity index (χ1v) is 13.7. The summed E-state index contributed by atoms with van der Waals surface area (Å²) in [6.07, 6.45) is 0. The summed E-state index contributed by atoms with van der Waals surface area (Å²) in [5.41, 5.74) is -3.43. The molecule has 210 valence electrons. The average molecular weight is 596 g/mol. The van der Waals surface area contributed by atoms with Crippen molar-refractivity contribution in [3.8, 4) is 17.1 Å². The summed E-state index contributed by atoms with van der Waals surface area (Å²) in [5.74, 6) is 0. The number of hydrogen-bond donors (Lipinski definition) is 0. The van der Waals surface area contributed by atoms with E-state index in [1.54, 1.807) is 30.3 Å². The molecule has 0 aliphatic carbocycles. The second kappa shape index (κ2) is 9.22. The highest BCUT2D eigenvalue weighted by molar-refractivity contribution is 6.13. The SMILES string of the molecule is [2H]c1c([2H])c([2H])c2c(c1[2H])c1c([2H])c([2H])c(-n3c4c([2H])c([2H])c([2H])c([2H])c4c4c([2H])c(-n5c6c([2H])c([2H])c([2H])c([2H])c6c6c([2H])c([2H])c([2H])c([2H])c65)c([2H])c([2H])c43)c([2H])c1n2-c1ccccc1. The molecule has 10 rings (SSSR count). The van der Waals surface area contributed by atoms with Crippen LogP contribution in [0.2, 0.25) is 0 Å². The molecule has 7 aromatic carbocycles. The predicted molar refractivity (Wildman–Crippen MR) is 189 cm³/mol. The molecule has 0 atom stereocenters. The van der Waals surface area contributed by atoms with E-state index < -0.39 is 188 Å². The van der Waals surface area contributed by atoms with Gasteiger partial charge in [0.05, 0.1) is 63.3 Å². The maximum absolute atomic E-state index is 9.92. The average Bonchev–Trinajstić information content (AvgIpc) is 3.98. The quantitative estimate of drug-likeness (QED) is 0.193. The Balaban J connectivity index is 1.48. The van der Waals surface area contributed by atoms with Crippen molar-refractivity contribution in [1.82, 2.24) is 13.7 Å². The standard InChI is InChI=1S/C42H27N3/c1-2-12-28(13-3-1)43-37-18-8-6-16-33(37)35-24-22-30(27-42(35)43)45-40-21-11-7-17-34(40)36-26-29(23-25-41(36)45)44-38-19-9-4-14-31(38)32-15-5-10-20-39(32)44/h1-27H/i4D,5D,6D,7D,8D,9D,10D,11D,14D,15D,16D,17D,18D,19D,20D,21D,22D,23D,24D,25D,26D,27D. The normalized spacial score (nSPS) is 18.8.